The molecule has 3 nitrogen and oxygen atoms in total. The Kier molecular flexibility index (Phi) is 3.11. The molecule has 0 aliphatic carbocycles. The molecule has 2 aromatic rings. The highest BCUT2D eigenvalue weighted by Crippen LogP contribution is 2.30. The van der Waals surface area contributed by atoms with E-state index in [0.29, 0.717) is 0 Å². The molecular weight excluding hydrogens is 214 g/mol. The highest BCUT2D eigenvalue weighted by atomic mass is 16.3. The molecule has 0 saturated heterocycles. The van der Waals surface area contributed by atoms with Gasteiger partial charge in [-0.05, 0) is 38.0 Å². The van der Waals surface area contributed by atoms with Gasteiger partial charge in [0.25, 0.3) is 0 Å². The predicted octanol–water partition coefficient (Wildman–Crippen LogP) is 3.18. The molecule has 0 aliphatic heterocycles. The van der Waals surface area contributed by atoms with Gasteiger partial charge in [-0.15, -0.1) is 0 Å². The normalized spacial score (nSPS) is 13.0. The van der Waals surface area contributed by atoms with Crippen LogP contribution in [0.2, 0.25) is 0 Å². The van der Waals surface area contributed by atoms with Gasteiger partial charge in [0.1, 0.15) is 11.9 Å². The van der Waals surface area contributed by atoms with Crippen LogP contribution in [0.5, 0.6) is 0 Å². The maximum absolute atomic E-state index is 10.4. The van der Waals surface area contributed by atoms with Gasteiger partial charge in [-0.2, -0.15) is 0 Å². The zero-order chi connectivity index (χ0) is 12.6. The van der Waals surface area contributed by atoms with Crippen molar-refractivity contribution in [1.29, 1.82) is 0 Å². The molecule has 92 valence electrons. The summed E-state index contributed by atoms with van der Waals surface area (Å²) in [5.41, 5.74) is 5.17. The molecule has 0 saturated carbocycles. The van der Waals surface area contributed by atoms with Gasteiger partial charge in [0, 0.05) is 17.7 Å². The van der Waals surface area contributed by atoms with Crippen LogP contribution >= 0.6 is 0 Å². The van der Waals surface area contributed by atoms with Crippen LogP contribution in [0.15, 0.2) is 16.7 Å². The van der Waals surface area contributed by atoms with E-state index in [2.05, 4.69) is 11.9 Å². The first-order valence-corrected chi connectivity index (χ1v) is 5.96. The van der Waals surface area contributed by atoms with Crippen molar-refractivity contribution in [2.45, 2.75) is 40.2 Å². The lowest BCUT2D eigenvalue weighted by Crippen LogP contribution is -2.03. The Bertz CT molecular complexity index is 522. The van der Waals surface area contributed by atoms with Gasteiger partial charge in [-0.1, -0.05) is 6.92 Å². The fourth-order valence-electron chi connectivity index (χ4n) is 2.18. The first-order chi connectivity index (χ1) is 8.06. The van der Waals surface area contributed by atoms with Gasteiger partial charge >= 0.3 is 0 Å². The molecule has 1 unspecified atom stereocenters. The van der Waals surface area contributed by atoms with E-state index < -0.39 is 6.10 Å². The van der Waals surface area contributed by atoms with Gasteiger partial charge in [0.2, 0.25) is 0 Å². The van der Waals surface area contributed by atoms with Crippen LogP contribution in [-0.4, -0.2) is 10.1 Å². The Hall–Kier alpha value is -1.48. The Morgan fingerprint density at radius 1 is 1.29 bits per heavy atom. The number of furan rings is 1. The number of aryl methyl sites for hydroxylation is 2. The molecule has 17 heavy (non-hydrogen) atoms. The Balaban J connectivity index is 2.43. The lowest BCUT2D eigenvalue weighted by molar-refractivity contribution is 0.212. The standard InChI is InChI=1S/C14H19NO2/c1-5-12-11(6-7-17-12)14(16)13-9(3)8(2)10(4)15-13/h6-7,14-16H,5H2,1-4H3. The van der Waals surface area contributed by atoms with Crippen molar-refractivity contribution in [2.75, 3.05) is 0 Å². The van der Waals surface area contributed by atoms with E-state index in [9.17, 15) is 5.11 Å². The summed E-state index contributed by atoms with van der Waals surface area (Å²) in [5.74, 6) is 0.849. The smallest absolute Gasteiger partial charge is 0.122 e. The third-order valence-electron chi connectivity index (χ3n) is 3.52. The molecule has 0 aliphatic rings. The molecule has 0 spiro atoms. The maximum atomic E-state index is 10.4. The number of hydrogen-bond acceptors (Lipinski definition) is 2. The van der Waals surface area contributed by atoms with E-state index in [1.807, 2.05) is 26.8 Å². The molecule has 0 amide bonds. The topological polar surface area (TPSA) is 49.2 Å². The van der Waals surface area contributed by atoms with Gasteiger partial charge in [0.05, 0.1) is 12.0 Å². The van der Waals surface area contributed by atoms with E-state index in [-0.39, 0.29) is 0 Å². The quantitative estimate of drug-likeness (QED) is 0.855. The average molecular weight is 233 g/mol. The minimum atomic E-state index is -0.629. The molecule has 0 radical (unpaired) electrons. The van der Waals surface area contributed by atoms with Crippen LogP contribution in [0.4, 0.5) is 0 Å². The molecule has 0 aromatic carbocycles. The molecular formula is C14H19NO2. The third kappa shape index (κ3) is 1.91. The van der Waals surface area contributed by atoms with Crippen LogP contribution in [0.1, 0.15) is 46.9 Å². The molecule has 2 rings (SSSR count). The molecule has 2 heterocycles. The number of aliphatic hydroxyl groups is 1. The second kappa shape index (κ2) is 4.41. The Morgan fingerprint density at radius 3 is 2.53 bits per heavy atom. The summed E-state index contributed by atoms with van der Waals surface area (Å²) in [6.07, 6.45) is 1.79. The second-order valence-electron chi connectivity index (χ2n) is 4.47. The van der Waals surface area contributed by atoms with Crippen molar-refractivity contribution >= 4 is 0 Å². The van der Waals surface area contributed by atoms with Crippen molar-refractivity contribution in [3.05, 3.63) is 46.2 Å². The van der Waals surface area contributed by atoms with Crippen LogP contribution in [0.25, 0.3) is 0 Å². The minimum absolute atomic E-state index is 0.629. The van der Waals surface area contributed by atoms with Crippen LogP contribution in [0, 0.1) is 20.8 Å². The van der Waals surface area contributed by atoms with E-state index in [1.54, 1.807) is 6.26 Å². The number of rotatable bonds is 3. The first-order valence-electron chi connectivity index (χ1n) is 5.96. The molecule has 0 bridgehead atoms. The molecule has 1 atom stereocenters. The summed E-state index contributed by atoms with van der Waals surface area (Å²) < 4.78 is 5.36. The van der Waals surface area contributed by atoms with E-state index in [1.165, 1.54) is 5.56 Å². The molecule has 2 aromatic heterocycles. The number of aliphatic hydroxyl groups excluding tert-OH is 1. The van der Waals surface area contributed by atoms with Crippen LogP contribution in [0.3, 0.4) is 0 Å². The van der Waals surface area contributed by atoms with Crippen LogP contribution in [-0.2, 0) is 6.42 Å². The predicted molar refractivity (Wildman–Crippen MR) is 67.2 cm³/mol. The first kappa shape index (κ1) is 12.0. The molecule has 0 fully saturated rings. The number of nitrogens with one attached hydrogen (secondary N) is 1. The van der Waals surface area contributed by atoms with E-state index in [0.717, 1.165) is 34.7 Å². The van der Waals surface area contributed by atoms with Gasteiger partial charge in [-0.3, -0.25) is 0 Å². The van der Waals surface area contributed by atoms with Crippen LogP contribution < -0.4 is 0 Å². The zero-order valence-electron chi connectivity index (χ0n) is 10.8. The molecule has 3 heteroatoms. The monoisotopic (exact) mass is 233 g/mol. The van der Waals surface area contributed by atoms with Gasteiger partial charge in [0.15, 0.2) is 0 Å². The molecule has 2 N–H and O–H groups in total. The van der Waals surface area contributed by atoms with Crippen molar-refractivity contribution in [2.24, 2.45) is 0 Å². The Labute approximate surface area is 101 Å². The van der Waals surface area contributed by atoms with Crippen molar-refractivity contribution in [3.8, 4) is 0 Å². The summed E-state index contributed by atoms with van der Waals surface area (Å²) in [5, 5.41) is 10.4. The summed E-state index contributed by atoms with van der Waals surface area (Å²) in [6, 6.07) is 1.84. The Morgan fingerprint density at radius 2 is 2.00 bits per heavy atom. The fourth-order valence-corrected chi connectivity index (χ4v) is 2.18. The van der Waals surface area contributed by atoms with Crippen molar-refractivity contribution in [3.63, 3.8) is 0 Å². The second-order valence-corrected chi connectivity index (χ2v) is 4.47. The minimum Gasteiger partial charge on any atom is -0.469 e. The highest BCUT2D eigenvalue weighted by Gasteiger charge is 2.21. The SMILES string of the molecule is CCc1occc1C(O)c1[nH]c(C)c(C)c1C. The summed E-state index contributed by atoms with van der Waals surface area (Å²) in [7, 11) is 0. The number of aromatic amines is 1. The van der Waals surface area contributed by atoms with E-state index >= 15 is 0 Å². The van der Waals surface area contributed by atoms with Gasteiger partial charge in [-0.25, -0.2) is 0 Å². The van der Waals surface area contributed by atoms with Crippen molar-refractivity contribution < 1.29 is 9.52 Å². The summed E-state index contributed by atoms with van der Waals surface area (Å²) in [4.78, 5) is 3.26. The lowest BCUT2D eigenvalue weighted by Gasteiger charge is -2.10. The number of H-pyrrole nitrogens is 1. The maximum Gasteiger partial charge on any atom is 0.122 e. The number of hydrogen-bond donors (Lipinski definition) is 2. The zero-order valence-corrected chi connectivity index (χ0v) is 10.8. The highest BCUT2D eigenvalue weighted by molar-refractivity contribution is 5.39. The summed E-state index contributed by atoms with van der Waals surface area (Å²) in [6.45, 7) is 8.14. The fraction of sp³-hybridized carbons (Fsp3) is 0.429. The van der Waals surface area contributed by atoms with Gasteiger partial charge < -0.3 is 14.5 Å². The van der Waals surface area contributed by atoms with E-state index in [4.69, 9.17) is 4.42 Å². The van der Waals surface area contributed by atoms with Crippen molar-refractivity contribution in [1.82, 2.24) is 4.98 Å². The number of aromatic nitrogens is 1. The average Bonchev–Trinajstić information content (AvgIpc) is 2.89. The lowest BCUT2D eigenvalue weighted by atomic mass is 10.0. The summed E-state index contributed by atoms with van der Waals surface area (Å²) >= 11 is 0. The largest absolute Gasteiger partial charge is 0.469 e. The third-order valence-corrected chi connectivity index (χ3v) is 3.52.